The molecule has 0 amide bonds. The van der Waals surface area contributed by atoms with Crippen LogP contribution in [-0.4, -0.2) is 22.5 Å². The summed E-state index contributed by atoms with van der Waals surface area (Å²) < 4.78 is 37.7. The fourth-order valence-electron chi connectivity index (χ4n) is 1.62. The molecule has 0 aliphatic rings. The Morgan fingerprint density at radius 3 is 2.50 bits per heavy atom. The average molecular weight is 284 g/mol. The standard InChI is InChI=1S/C11H17ClF3N3/c1-3-8-10(12)9(18(4-2)17-8)7-16-6-5-11(13,14)15/h16H,3-7H2,1-2H3. The SMILES string of the molecule is CCc1nn(CC)c(CNCCC(F)(F)F)c1Cl. The third kappa shape index (κ3) is 4.17. The van der Waals surface area contributed by atoms with Crippen LogP contribution in [0.4, 0.5) is 13.2 Å². The van der Waals surface area contributed by atoms with E-state index in [1.54, 1.807) is 4.68 Å². The Hall–Kier alpha value is -0.750. The number of rotatable bonds is 6. The van der Waals surface area contributed by atoms with Crippen molar-refractivity contribution in [2.24, 2.45) is 0 Å². The Balaban J connectivity index is 2.58. The lowest BCUT2D eigenvalue weighted by atomic mass is 10.3. The first-order valence-corrected chi connectivity index (χ1v) is 6.28. The number of nitrogens with one attached hydrogen (secondary N) is 1. The number of aromatic nitrogens is 2. The zero-order chi connectivity index (χ0) is 13.8. The highest BCUT2D eigenvalue weighted by atomic mass is 35.5. The Bertz CT molecular complexity index is 388. The van der Waals surface area contributed by atoms with Gasteiger partial charge < -0.3 is 5.32 Å². The average Bonchev–Trinajstić information content (AvgIpc) is 2.60. The second kappa shape index (κ2) is 6.43. The molecule has 0 radical (unpaired) electrons. The van der Waals surface area contributed by atoms with Gasteiger partial charge in [-0.3, -0.25) is 4.68 Å². The van der Waals surface area contributed by atoms with Crippen molar-refractivity contribution in [3.05, 3.63) is 16.4 Å². The molecule has 0 aromatic carbocycles. The van der Waals surface area contributed by atoms with Gasteiger partial charge in [-0.05, 0) is 13.3 Å². The van der Waals surface area contributed by atoms with Gasteiger partial charge in [0.15, 0.2) is 0 Å². The Kier molecular flexibility index (Phi) is 5.47. The summed E-state index contributed by atoms with van der Waals surface area (Å²) in [6.07, 6.45) is -4.26. The Morgan fingerprint density at radius 2 is 2.00 bits per heavy atom. The van der Waals surface area contributed by atoms with Crippen LogP contribution in [-0.2, 0) is 19.5 Å². The highest BCUT2D eigenvalue weighted by Gasteiger charge is 2.26. The summed E-state index contributed by atoms with van der Waals surface area (Å²) in [6.45, 7) is 4.69. The molecule has 1 heterocycles. The molecule has 1 rings (SSSR count). The van der Waals surface area contributed by atoms with Gasteiger partial charge in [0.2, 0.25) is 0 Å². The fourth-order valence-corrected chi connectivity index (χ4v) is 1.96. The van der Waals surface area contributed by atoms with Gasteiger partial charge in [-0.2, -0.15) is 18.3 Å². The van der Waals surface area contributed by atoms with Gasteiger partial charge in [0.05, 0.1) is 22.8 Å². The van der Waals surface area contributed by atoms with Gasteiger partial charge in [-0.25, -0.2) is 0 Å². The largest absolute Gasteiger partial charge is 0.390 e. The monoisotopic (exact) mass is 283 g/mol. The predicted octanol–water partition coefficient (Wildman–Crippen LogP) is 3.16. The normalized spacial score (nSPS) is 12.1. The number of hydrogen-bond acceptors (Lipinski definition) is 2. The first-order chi connectivity index (χ1) is 8.39. The molecule has 1 N–H and O–H groups in total. The number of nitrogens with zero attached hydrogens (tertiary/aromatic N) is 2. The molecule has 0 atom stereocenters. The van der Waals surface area contributed by atoms with E-state index in [1.807, 2.05) is 13.8 Å². The van der Waals surface area contributed by atoms with E-state index in [-0.39, 0.29) is 6.54 Å². The summed E-state index contributed by atoms with van der Waals surface area (Å²) in [5.41, 5.74) is 1.53. The van der Waals surface area contributed by atoms with Crippen molar-refractivity contribution in [2.75, 3.05) is 6.54 Å². The van der Waals surface area contributed by atoms with E-state index in [0.29, 0.717) is 24.5 Å². The van der Waals surface area contributed by atoms with E-state index in [4.69, 9.17) is 11.6 Å². The molecule has 18 heavy (non-hydrogen) atoms. The highest BCUT2D eigenvalue weighted by Crippen LogP contribution is 2.22. The van der Waals surface area contributed by atoms with Gasteiger partial charge in [0, 0.05) is 19.6 Å². The smallest absolute Gasteiger partial charge is 0.311 e. The first-order valence-electron chi connectivity index (χ1n) is 5.90. The third-order valence-electron chi connectivity index (χ3n) is 2.57. The van der Waals surface area contributed by atoms with Crippen LogP contribution in [0.15, 0.2) is 0 Å². The molecule has 0 spiro atoms. The van der Waals surface area contributed by atoms with Crippen molar-refractivity contribution >= 4 is 11.6 Å². The minimum atomic E-state index is -4.13. The summed E-state index contributed by atoms with van der Waals surface area (Å²) >= 11 is 6.13. The van der Waals surface area contributed by atoms with E-state index >= 15 is 0 Å². The lowest BCUT2D eigenvalue weighted by Crippen LogP contribution is -2.22. The molecule has 0 unspecified atom stereocenters. The van der Waals surface area contributed by atoms with Crippen molar-refractivity contribution in [2.45, 2.75) is 46.0 Å². The molecule has 1 aromatic rings. The molecular weight excluding hydrogens is 267 g/mol. The van der Waals surface area contributed by atoms with E-state index in [0.717, 1.165) is 11.4 Å². The van der Waals surface area contributed by atoms with Crippen LogP contribution in [0.1, 0.15) is 31.7 Å². The maximum absolute atomic E-state index is 12.0. The van der Waals surface area contributed by atoms with E-state index in [1.165, 1.54) is 0 Å². The number of halogens is 4. The molecule has 0 saturated carbocycles. The lowest BCUT2D eigenvalue weighted by molar-refractivity contribution is -0.133. The Labute approximate surface area is 109 Å². The molecule has 1 aromatic heterocycles. The van der Waals surface area contributed by atoms with Gasteiger partial charge in [-0.15, -0.1) is 0 Å². The molecule has 3 nitrogen and oxygen atoms in total. The molecule has 7 heteroatoms. The van der Waals surface area contributed by atoms with Crippen molar-refractivity contribution in [3.63, 3.8) is 0 Å². The molecule has 0 fully saturated rings. The van der Waals surface area contributed by atoms with Gasteiger partial charge in [0.1, 0.15) is 0 Å². The van der Waals surface area contributed by atoms with Gasteiger partial charge in [-0.1, -0.05) is 18.5 Å². The maximum Gasteiger partial charge on any atom is 0.390 e. The number of aryl methyl sites for hydroxylation is 2. The molecule has 0 saturated heterocycles. The van der Waals surface area contributed by atoms with E-state index < -0.39 is 12.6 Å². The topological polar surface area (TPSA) is 29.9 Å². The minimum absolute atomic E-state index is 0.115. The van der Waals surface area contributed by atoms with E-state index in [9.17, 15) is 13.2 Å². The van der Waals surface area contributed by atoms with Crippen molar-refractivity contribution in [1.29, 1.82) is 0 Å². The second-order valence-electron chi connectivity index (χ2n) is 3.92. The summed E-state index contributed by atoms with van der Waals surface area (Å²) in [6, 6.07) is 0. The number of hydrogen-bond donors (Lipinski definition) is 1. The van der Waals surface area contributed by atoms with Gasteiger partial charge >= 0.3 is 6.18 Å². The maximum atomic E-state index is 12.0. The van der Waals surface area contributed by atoms with Crippen LogP contribution in [0.5, 0.6) is 0 Å². The zero-order valence-electron chi connectivity index (χ0n) is 10.4. The number of alkyl halides is 3. The van der Waals surface area contributed by atoms with Crippen molar-refractivity contribution < 1.29 is 13.2 Å². The van der Waals surface area contributed by atoms with Crippen molar-refractivity contribution in [1.82, 2.24) is 15.1 Å². The molecular formula is C11H17ClF3N3. The summed E-state index contributed by atoms with van der Waals surface area (Å²) in [5.74, 6) is 0. The third-order valence-corrected chi connectivity index (χ3v) is 3.01. The molecule has 0 bridgehead atoms. The van der Waals surface area contributed by atoms with Crippen LogP contribution >= 0.6 is 11.6 Å². The highest BCUT2D eigenvalue weighted by molar-refractivity contribution is 6.31. The van der Waals surface area contributed by atoms with Crippen molar-refractivity contribution in [3.8, 4) is 0 Å². The predicted molar refractivity (Wildman–Crippen MR) is 64.7 cm³/mol. The molecule has 104 valence electrons. The van der Waals surface area contributed by atoms with E-state index in [2.05, 4.69) is 10.4 Å². The second-order valence-corrected chi connectivity index (χ2v) is 4.30. The lowest BCUT2D eigenvalue weighted by Gasteiger charge is -2.09. The summed E-state index contributed by atoms with van der Waals surface area (Å²) in [5, 5.41) is 7.60. The molecule has 0 aliphatic heterocycles. The van der Waals surface area contributed by atoms with Crippen LogP contribution in [0.25, 0.3) is 0 Å². The summed E-state index contributed by atoms with van der Waals surface area (Å²) in [4.78, 5) is 0. The van der Waals surface area contributed by atoms with Crippen LogP contribution < -0.4 is 5.32 Å². The summed E-state index contributed by atoms with van der Waals surface area (Å²) in [7, 11) is 0. The Morgan fingerprint density at radius 1 is 1.33 bits per heavy atom. The van der Waals surface area contributed by atoms with Crippen LogP contribution in [0, 0.1) is 0 Å². The molecule has 0 aliphatic carbocycles. The van der Waals surface area contributed by atoms with Crippen LogP contribution in [0.2, 0.25) is 5.02 Å². The quantitative estimate of drug-likeness (QED) is 0.813. The minimum Gasteiger partial charge on any atom is -0.311 e. The fraction of sp³-hybridized carbons (Fsp3) is 0.727. The first kappa shape index (κ1) is 15.3. The van der Waals surface area contributed by atoms with Crippen LogP contribution in [0.3, 0.4) is 0 Å². The van der Waals surface area contributed by atoms with Gasteiger partial charge in [0.25, 0.3) is 0 Å². The zero-order valence-corrected chi connectivity index (χ0v) is 11.2.